The molecule has 0 amide bonds. The SMILES string of the molecule is COc1ccc(-c2cc(CBr)cc(-c3ccc(OC)cc3)c2)cc1. The average Bonchev–Trinajstić information content (AvgIpc) is 2.67. The van der Waals surface area contributed by atoms with Gasteiger partial charge in [0.2, 0.25) is 0 Å². The molecule has 0 saturated carbocycles. The Morgan fingerprint density at radius 3 is 1.38 bits per heavy atom. The van der Waals surface area contributed by atoms with Gasteiger partial charge in [-0.1, -0.05) is 52.3 Å². The van der Waals surface area contributed by atoms with Gasteiger partial charge in [0.15, 0.2) is 0 Å². The Hall–Kier alpha value is -2.26. The van der Waals surface area contributed by atoms with Crippen molar-refractivity contribution in [3.63, 3.8) is 0 Å². The number of methoxy groups -OCH3 is 2. The van der Waals surface area contributed by atoms with Crippen molar-refractivity contribution in [2.45, 2.75) is 5.33 Å². The van der Waals surface area contributed by atoms with Crippen molar-refractivity contribution in [1.29, 1.82) is 0 Å². The van der Waals surface area contributed by atoms with E-state index in [0.29, 0.717) is 0 Å². The molecule has 0 heterocycles. The molecular weight excluding hydrogens is 364 g/mol. The van der Waals surface area contributed by atoms with Gasteiger partial charge >= 0.3 is 0 Å². The predicted molar refractivity (Wildman–Crippen MR) is 103 cm³/mol. The van der Waals surface area contributed by atoms with Crippen molar-refractivity contribution in [1.82, 2.24) is 0 Å². The quantitative estimate of drug-likeness (QED) is 0.508. The van der Waals surface area contributed by atoms with Gasteiger partial charge in [0, 0.05) is 5.33 Å². The van der Waals surface area contributed by atoms with Crippen LogP contribution >= 0.6 is 15.9 Å². The molecule has 0 unspecified atom stereocenters. The van der Waals surface area contributed by atoms with E-state index in [9.17, 15) is 0 Å². The maximum atomic E-state index is 5.25. The Kier molecular flexibility index (Phi) is 5.21. The Morgan fingerprint density at radius 1 is 0.625 bits per heavy atom. The van der Waals surface area contributed by atoms with Crippen molar-refractivity contribution in [3.8, 4) is 33.8 Å². The number of ether oxygens (including phenoxy) is 2. The topological polar surface area (TPSA) is 18.5 Å². The van der Waals surface area contributed by atoms with Crippen molar-refractivity contribution in [2.75, 3.05) is 14.2 Å². The summed E-state index contributed by atoms with van der Waals surface area (Å²) in [7, 11) is 3.37. The van der Waals surface area contributed by atoms with Crippen LogP contribution in [0, 0.1) is 0 Å². The van der Waals surface area contributed by atoms with E-state index in [-0.39, 0.29) is 0 Å². The number of hydrogen-bond donors (Lipinski definition) is 0. The summed E-state index contributed by atoms with van der Waals surface area (Å²) in [4.78, 5) is 0. The molecule has 2 nitrogen and oxygen atoms in total. The standard InChI is InChI=1S/C21H19BrO2/c1-23-20-7-3-16(4-8-20)18-11-15(14-22)12-19(13-18)17-5-9-21(24-2)10-6-17/h3-13H,14H2,1-2H3. The molecule has 3 rings (SSSR count). The summed E-state index contributed by atoms with van der Waals surface area (Å²) in [5.74, 6) is 1.73. The molecule has 0 radical (unpaired) electrons. The van der Waals surface area contributed by atoms with Crippen LogP contribution in [0.5, 0.6) is 11.5 Å². The number of rotatable bonds is 5. The van der Waals surface area contributed by atoms with E-state index in [4.69, 9.17) is 9.47 Å². The van der Waals surface area contributed by atoms with Gasteiger partial charge in [-0.3, -0.25) is 0 Å². The fraction of sp³-hybridized carbons (Fsp3) is 0.143. The summed E-state index contributed by atoms with van der Waals surface area (Å²) < 4.78 is 10.5. The number of alkyl halides is 1. The van der Waals surface area contributed by atoms with E-state index >= 15 is 0 Å². The number of halogens is 1. The van der Waals surface area contributed by atoms with Gasteiger partial charge in [-0.05, 0) is 58.1 Å². The molecule has 0 fully saturated rings. The molecule has 0 saturated heterocycles. The van der Waals surface area contributed by atoms with Crippen LogP contribution in [0.1, 0.15) is 5.56 Å². The van der Waals surface area contributed by atoms with Gasteiger partial charge < -0.3 is 9.47 Å². The molecule has 0 atom stereocenters. The third-order valence-electron chi connectivity index (χ3n) is 3.99. The van der Waals surface area contributed by atoms with Crippen molar-refractivity contribution in [3.05, 3.63) is 72.3 Å². The molecule has 3 heteroatoms. The maximum absolute atomic E-state index is 5.25. The molecule has 3 aromatic carbocycles. The molecule has 0 N–H and O–H groups in total. The van der Waals surface area contributed by atoms with Crippen LogP contribution in [0.15, 0.2) is 66.7 Å². The average molecular weight is 383 g/mol. The summed E-state index contributed by atoms with van der Waals surface area (Å²) >= 11 is 3.58. The molecule has 0 aromatic heterocycles. The van der Waals surface area contributed by atoms with Crippen LogP contribution in [0.3, 0.4) is 0 Å². The van der Waals surface area contributed by atoms with Gasteiger partial charge in [-0.25, -0.2) is 0 Å². The highest BCUT2D eigenvalue weighted by molar-refractivity contribution is 9.08. The van der Waals surface area contributed by atoms with Gasteiger partial charge in [0.25, 0.3) is 0 Å². The summed E-state index contributed by atoms with van der Waals surface area (Å²) in [5, 5.41) is 0.820. The lowest BCUT2D eigenvalue weighted by molar-refractivity contribution is 0.415. The van der Waals surface area contributed by atoms with Crippen LogP contribution in [-0.4, -0.2) is 14.2 Å². The molecule has 0 bridgehead atoms. The van der Waals surface area contributed by atoms with E-state index in [1.54, 1.807) is 14.2 Å². The van der Waals surface area contributed by atoms with E-state index < -0.39 is 0 Å². The second-order valence-electron chi connectivity index (χ2n) is 5.51. The van der Waals surface area contributed by atoms with Crippen molar-refractivity contribution < 1.29 is 9.47 Å². The Morgan fingerprint density at radius 2 is 1.04 bits per heavy atom. The Balaban J connectivity index is 2.03. The first-order chi connectivity index (χ1) is 11.7. The smallest absolute Gasteiger partial charge is 0.118 e. The number of hydrogen-bond acceptors (Lipinski definition) is 2. The molecule has 0 aliphatic rings. The molecule has 0 aliphatic carbocycles. The van der Waals surface area contributed by atoms with E-state index in [1.807, 2.05) is 24.3 Å². The fourth-order valence-electron chi connectivity index (χ4n) is 2.67. The number of benzene rings is 3. The minimum Gasteiger partial charge on any atom is -0.497 e. The van der Waals surface area contributed by atoms with E-state index in [2.05, 4.69) is 58.4 Å². The molecule has 0 spiro atoms. The van der Waals surface area contributed by atoms with Crippen LogP contribution in [0.4, 0.5) is 0 Å². The minimum atomic E-state index is 0.820. The zero-order valence-corrected chi connectivity index (χ0v) is 15.3. The molecule has 3 aromatic rings. The predicted octanol–water partition coefficient (Wildman–Crippen LogP) is 5.93. The summed E-state index contributed by atoms with van der Waals surface area (Å²) in [6.45, 7) is 0. The lowest BCUT2D eigenvalue weighted by Gasteiger charge is -2.10. The largest absolute Gasteiger partial charge is 0.497 e. The molecule has 0 aliphatic heterocycles. The molecular formula is C21H19BrO2. The molecule has 24 heavy (non-hydrogen) atoms. The fourth-order valence-corrected chi connectivity index (χ4v) is 2.99. The maximum Gasteiger partial charge on any atom is 0.118 e. The lowest BCUT2D eigenvalue weighted by Crippen LogP contribution is -1.88. The summed E-state index contributed by atoms with van der Waals surface area (Å²) in [5.41, 5.74) is 5.98. The van der Waals surface area contributed by atoms with Crippen LogP contribution in [0.25, 0.3) is 22.3 Å². The highest BCUT2D eigenvalue weighted by atomic mass is 79.9. The highest BCUT2D eigenvalue weighted by Gasteiger charge is 2.06. The third-order valence-corrected chi connectivity index (χ3v) is 4.64. The first-order valence-corrected chi connectivity index (χ1v) is 8.84. The molecule has 122 valence electrons. The Bertz CT molecular complexity index is 742. The minimum absolute atomic E-state index is 0.820. The van der Waals surface area contributed by atoms with Crippen molar-refractivity contribution in [2.24, 2.45) is 0 Å². The van der Waals surface area contributed by atoms with Gasteiger partial charge in [0.05, 0.1) is 14.2 Å². The highest BCUT2D eigenvalue weighted by Crippen LogP contribution is 2.31. The first kappa shape index (κ1) is 16.6. The summed E-state index contributed by atoms with van der Waals surface area (Å²) in [6.07, 6.45) is 0. The van der Waals surface area contributed by atoms with E-state index in [0.717, 1.165) is 16.8 Å². The van der Waals surface area contributed by atoms with Crippen LogP contribution in [0.2, 0.25) is 0 Å². The van der Waals surface area contributed by atoms with E-state index in [1.165, 1.54) is 27.8 Å². The van der Waals surface area contributed by atoms with Gasteiger partial charge in [0.1, 0.15) is 11.5 Å². The van der Waals surface area contributed by atoms with Crippen LogP contribution < -0.4 is 9.47 Å². The van der Waals surface area contributed by atoms with Crippen LogP contribution in [-0.2, 0) is 5.33 Å². The normalized spacial score (nSPS) is 10.5. The monoisotopic (exact) mass is 382 g/mol. The summed E-state index contributed by atoms with van der Waals surface area (Å²) in [6, 6.07) is 22.9. The second kappa shape index (κ2) is 7.54. The second-order valence-corrected chi connectivity index (χ2v) is 6.07. The van der Waals surface area contributed by atoms with Gasteiger partial charge in [-0.15, -0.1) is 0 Å². The van der Waals surface area contributed by atoms with Crippen molar-refractivity contribution >= 4 is 15.9 Å². The third kappa shape index (κ3) is 3.62. The zero-order valence-electron chi connectivity index (χ0n) is 13.8. The lowest BCUT2D eigenvalue weighted by atomic mass is 9.96. The Labute approximate surface area is 151 Å². The zero-order chi connectivity index (χ0) is 16.9. The first-order valence-electron chi connectivity index (χ1n) is 7.72. The van der Waals surface area contributed by atoms with Gasteiger partial charge in [-0.2, -0.15) is 0 Å².